The predicted molar refractivity (Wildman–Crippen MR) is 64.0 cm³/mol. The Morgan fingerprint density at radius 1 is 1.11 bits per heavy atom. The SMILES string of the molecule is N#CCc1cccnc1-c1ccc(C(F)(F)F)cc1. The molecule has 19 heavy (non-hydrogen) atoms. The van der Waals surface area contributed by atoms with Crippen molar-refractivity contribution in [1.82, 2.24) is 4.98 Å². The highest BCUT2D eigenvalue weighted by molar-refractivity contribution is 5.63. The molecular formula is C14H9F3N2. The lowest BCUT2D eigenvalue weighted by Gasteiger charge is -2.09. The highest BCUT2D eigenvalue weighted by Crippen LogP contribution is 2.31. The van der Waals surface area contributed by atoms with Crippen molar-refractivity contribution < 1.29 is 13.2 Å². The number of hydrogen-bond acceptors (Lipinski definition) is 2. The van der Waals surface area contributed by atoms with Crippen molar-refractivity contribution in [3.63, 3.8) is 0 Å². The van der Waals surface area contributed by atoms with Gasteiger partial charge in [-0.15, -0.1) is 0 Å². The molecule has 0 bridgehead atoms. The summed E-state index contributed by atoms with van der Waals surface area (Å²) in [5.41, 5.74) is 1.11. The van der Waals surface area contributed by atoms with Gasteiger partial charge in [0.2, 0.25) is 0 Å². The average Bonchev–Trinajstić information content (AvgIpc) is 2.39. The summed E-state index contributed by atoms with van der Waals surface area (Å²) < 4.78 is 37.4. The molecule has 0 N–H and O–H groups in total. The number of benzene rings is 1. The molecular weight excluding hydrogens is 253 g/mol. The second-order valence-electron chi connectivity index (χ2n) is 3.92. The summed E-state index contributed by atoms with van der Waals surface area (Å²) in [5, 5.41) is 8.72. The van der Waals surface area contributed by atoms with E-state index in [0.29, 0.717) is 16.8 Å². The van der Waals surface area contributed by atoms with E-state index in [1.54, 1.807) is 18.3 Å². The zero-order valence-corrected chi connectivity index (χ0v) is 9.78. The Morgan fingerprint density at radius 2 is 1.79 bits per heavy atom. The molecule has 1 aromatic heterocycles. The second kappa shape index (κ2) is 5.11. The van der Waals surface area contributed by atoms with Crippen LogP contribution in [0.5, 0.6) is 0 Å². The van der Waals surface area contributed by atoms with Crippen molar-refractivity contribution in [1.29, 1.82) is 5.26 Å². The number of alkyl halides is 3. The van der Waals surface area contributed by atoms with Crippen LogP contribution in [0, 0.1) is 11.3 Å². The topological polar surface area (TPSA) is 36.7 Å². The first kappa shape index (κ1) is 13.1. The fourth-order valence-electron chi connectivity index (χ4n) is 1.74. The Balaban J connectivity index is 2.41. The molecule has 0 amide bonds. The van der Waals surface area contributed by atoms with Gasteiger partial charge in [-0.05, 0) is 23.8 Å². The Morgan fingerprint density at radius 3 is 2.37 bits per heavy atom. The van der Waals surface area contributed by atoms with Crippen LogP contribution in [0.25, 0.3) is 11.3 Å². The van der Waals surface area contributed by atoms with Gasteiger partial charge in [0.05, 0.1) is 23.7 Å². The van der Waals surface area contributed by atoms with Crippen LogP contribution < -0.4 is 0 Å². The van der Waals surface area contributed by atoms with E-state index in [1.807, 2.05) is 6.07 Å². The third-order valence-electron chi connectivity index (χ3n) is 2.65. The lowest BCUT2D eigenvalue weighted by molar-refractivity contribution is -0.137. The molecule has 2 rings (SSSR count). The van der Waals surface area contributed by atoms with Gasteiger partial charge in [-0.1, -0.05) is 18.2 Å². The lowest BCUT2D eigenvalue weighted by Crippen LogP contribution is -2.04. The molecule has 1 aromatic carbocycles. The highest BCUT2D eigenvalue weighted by Gasteiger charge is 2.30. The van der Waals surface area contributed by atoms with Gasteiger partial charge < -0.3 is 0 Å². The number of nitriles is 1. The zero-order chi connectivity index (χ0) is 13.9. The summed E-state index contributed by atoms with van der Waals surface area (Å²) >= 11 is 0. The highest BCUT2D eigenvalue weighted by atomic mass is 19.4. The molecule has 0 atom stereocenters. The summed E-state index contributed by atoms with van der Waals surface area (Å²) in [6, 6.07) is 10.2. The fourth-order valence-corrected chi connectivity index (χ4v) is 1.74. The minimum Gasteiger partial charge on any atom is -0.256 e. The molecule has 0 aliphatic rings. The number of pyridine rings is 1. The Bertz CT molecular complexity index is 610. The fraction of sp³-hybridized carbons (Fsp3) is 0.143. The maximum absolute atomic E-state index is 12.5. The molecule has 2 aromatic rings. The first-order valence-corrected chi connectivity index (χ1v) is 5.51. The first-order chi connectivity index (χ1) is 9.02. The van der Waals surface area contributed by atoms with Crippen molar-refractivity contribution in [3.8, 4) is 17.3 Å². The third kappa shape index (κ3) is 2.91. The smallest absolute Gasteiger partial charge is 0.256 e. The Labute approximate surface area is 108 Å². The van der Waals surface area contributed by atoms with E-state index in [1.165, 1.54) is 12.1 Å². The second-order valence-corrected chi connectivity index (χ2v) is 3.92. The van der Waals surface area contributed by atoms with Crippen molar-refractivity contribution in [2.75, 3.05) is 0 Å². The molecule has 0 radical (unpaired) electrons. The monoisotopic (exact) mass is 262 g/mol. The van der Waals surface area contributed by atoms with Gasteiger partial charge in [0.25, 0.3) is 0 Å². The summed E-state index contributed by atoms with van der Waals surface area (Å²) in [6.07, 6.45) is -2.63. The van der Waals surface area contributed by atoms with E-state index in [2.05, 4.69) is 4.98 Å². The molecule has 0 spiro atoms. The van der Waals surface area contributed by atoms with E-state index in [-0.39, 0.29) is 6.42 Å². The molecule has 1 heterocycles. The van der Waals surface area contributed by atoms with Crippen LogP contribution in [0.15, 0.2) is 42.6 Å². The van der Waals surface area contributed by atoms with Crippen LogP contribution in [0.1, 0.15) is 11.1 Å². The van der Waals surface area contributed by atoms with Crippen molar-refractivity contribution >= 4 is 0 Å². The first-order valence-electron chi connectivity index (χ1n) is 5.51. The van der Waals surface area contributed by atoms with Crippen LogP contribution in [-0.2, 0) is 12.6 Å². The number of halogens is 3. The summed E-state index contributed by atoms with van der Waals surface area (Å²) in [7, 11) is 0. The van der Waals surface area contributed by atoms with Crippen LogP contribution in [0.4, 0.5) is 13.2 Å². The molecule has 0 saturated heterocycles. The summed E-state index contributed by atoms with van der Waals surface area (Å²) in [4.78, 5) is 4.13. The molecule has 96 valence electrons. The van der Waals surface area contributed by atoms with Crippen LogP contribution in [0.3, 0.4) is 0 Å². The maximum Gasteiger partial charge on any atom is 0.416 e. The van der Waals surface area contributed by atoms with Crippen molar-refractivity contribution in [2.24, 2.45) is 0 Å². The molecule has 5 heteroatoms. The number of nitrogens with zero attached hydrogens (tertiary/aromatic N) is 2. The molecule has 0 aliphatic heterocycles. The van der Waals surface area contributed by atoms with Gasteiger partial charge in [0.15, 0.2) is 0 Å². The number of aromatic nitrogens is 1. The minimum absolute atomic E-state index is 0.171. The quantitative estimate of drug-likeness (QED) is 0.824. The number of rotatable bonds is 2. The molecule has 2 nitrogen and oxygen atoms in total. The van der Waals surface area contributed by atoms with Gasteiger partial charge in [0, 0.05) is 11.8 Å². The predicted octanol–water partition coefficient (Wildman–Crippen LogP) is 3.83. The zero-order valence-electron chi connectivity index (χ0n) is 9.78. The normalized spacial score (nSPS) is 11.1. The maximum atomic E-state index is 12.5. The molecule has 0 aliphatic carbocycles. The Hall–Kier alpha value is -2.35. The van der Waals surface area contributed by atoms with Crippen LogP contribution in [-0.4, -0.2) is 4.98 Å². The van der Waals surface area contributed by atoms with E-state index in [0.717, 1.165) is 12.1 Å². The van der Waals surface area contributed by atoms with Gasteiger partial charge in [-0.2, -0.15) is 18.4 Å². The summed E-state index contributed by atoms with van der Waals surface area (Å²) in [5.74, 6) is 0. The standard InChI is InChI=1S/C14H9F3N2/c15-14(16,17)12-5-3-11(4-6-12)13-10(7-8-18)2-1-9-19-13/h1-6,9H,7H2. The average molecular weight is 262 g/mol. The van der Waals surface area contributed by atoms with Crippen molar-refractivity contribution in [3.05, 3.63) is 53.7 Å². The van der Waals surface area contributed by atoms with Crippen molar-refractivity contribution in [2.45, 2.75) is 12.6 Å². The van der Waals surface area contributed by atoms with E-state index in [9.17, 15) is 13.2 Å². The molecule has 0 saturated carbocycles. The van der Waals surface area contributed by atoms with Gasteiger partial charge in [0.1, 0.15) is 0 Å². The third-order valence-corrected chi connectivity index (χ3v) is 2.65. The van der Waals surface area contributed by atoms with E-state index >= 15 is 0 Å². The van der Waals surface area contributed by atoms with Gasteiger partial charge in [-0.3, -0.25) is 4.98 Å². The minimum atomic E-state index is -4.35. The summed E-state index contributed by atoms with van der Waals surface area (Å²) in [6.45, 7) is 0. The Kier molecular flexibility index (Phi) is 3.52. The molecule has 0 fully saturated rings. The van der Waals surface area contributed by atoms with Crippen LogP contribution >= 0.6 is 0 Å². The van der Waals surface area contributed by atoms with E-state index in [4.69, 9.17) is 5.26 Å². The molecule has 0 unspecified atom stereocenters. The van der Waals surface area contributed by atoms with Gasteiger partial charge >= 0.3 is 6.18 Å². The number of hydrogen-bond donors (Lipinski definition) is 0. The van der Waals surface area contributed by atoms with Crippen LogP contribution in [0.2, 0.25) is 0 Å². The largest absolute Gasteiger partial charge is 0.416 e. The van der Waals surface area contributed by atoms with Gasteiger partial charge in [-0.25, -0.2) is 0 Å². The lowest BCUT2D eigenvalue weighted by atomic mass is 10.0. The van der Waals surface area contributed by atoms with E-state index < -0.39 is 11.7 Å².